The highest BCUT2D eigenvalue weighted by Crippen LogP contribution is 2.34. The lowest BCUT2D eigenvalue weighted by Gasteiger charge is -2.38. The molecule has 3 heteroatoms. The van der Waals surface area contributed by atoms with Gasteiger partial charge in [0.05, 0.1) is 0 Å². The summed E-state index contributed by atoms with van der Waals surface area (Å²) in [6.07, 6.45) is 5.61. The summed E-state index contributed by atoms with van der Waals surface area (Å²) < 4.78 is 0. The molecule has 2 aliphatic rings. The standard InChI is InChI=1S/C16H33N3/c1-12-6-5-7-14(8-12)15(9-17)19-10-13(2)16(11-19)18(3)4/h12-16H,5-11,17H2,1-4H3. The molecular formula is C16H33N3. The van der Waals surface area contributed by atoms with Crippen molar-refractivity contribution in [3.8, 4) is 0 Å². The molecule has 1 saturated carbocycles. The molecule has 0 spiro atoms. The van der Waals surface area contributed by atoms with Crippen molar-refractivity contribution in [1.29, 1.82) is 0 Å². The summed E-state index contributed by atoms with van der Waals surface area (Å²) in [5, 5.41) is 0. The molecule has 2 rings (SSSR count). The summed E-state index contributed by atoms with van der Waals surface area (Å²) in [7, 11) is 4.43. The summed E-state index contributed by atoms with van der Waals surface area (Å²) in [6.45, 7) is 8.08. The van der Waals surface area contributed by atoms with Crippen molar-refractivity contribution in [2.75, 3.05) is 33.7 Å². The van der Waals surface area contributed by atoms with Crippen LogP contribution in [0.2, 0.25) is 0 Å². The fraction of sp³-hybridized carbons (Fsp3) is 1.00. The van der Waals surface area contributed by atoms with Gasteiger partial charge in [-0.3, -0.25) is 4.90 Å². The third kappa shape index (κ3) is 3.50. The first-order chi connectivity index (χ1) is 9.02. The van der Waals surface area contributed by atoms with Gasteiger partial charge in [0.1, 0.15) is 0 Å². The number of likely N-dealkylation sites (N-methyl/N-ethyl adjacent to an activating group) is 1. The highest BCUT2D eigenvalue weighted by atomic mass is 15.3. The molecule has 5 atom stereocenters. The van der Waals surface area contributed by atoms with Gasteiger partial charge in [-0.1, -0.05) is 26.7 Å². The highest BCUT2D eigenvalue weighted by Gasteiger charge is 2.37. The first kappa shape index (κ1) is 15.3. The Morgan fingerprint density at radius 1 is 1.21 bits per heavy atom. The molecule has 1 saturated heterocycles. The molecule has 0 aromatic carbocycles. The van der Waals surface area contributed by atoms with E-state index in [0.717, 1.165) is 24.3 Å². The number of hydrogen-bond donors (Lipinski definition) is 1. The van der Waals surface area contributed by atoms with Gasteiger partial charge in [-0.05, 0) is 44.7 Å². The van der Waals surface area contributed by atoms with Crippen LogP contribution in [0.5, 0.6) is 0 Å². The lowest BCUT2D eigenvalue weighted by atomic mass is 9.78. The first-order valence-corrected chi connectivity index (χ1v) is 8.13. The molecule has 0 bridgehead atoms. The van der Waals surface area contributed by atoms with Gasteiger partial charge < -0.3 is 10.6 Å². The van der Waals surface area contributed by atoms with Crippen molar-refractivity contribution in [1.82, 2.24) is 9.80 Å². The van der Waals surface area contributed by atoms with E-state index in [2.05, 4.69) is 37.7 Å². The lowest BCUT2D eigenvalue weighted by Crippen LogP contribution is -2.46. The Balaban J connectivity index is 1.98. The first-order valence-electron chi connectivity index (χ1n) is 8.13. The normalized spacial score (nSPS) is 38.8. The van der Waals surface area contributed by atoms with E-state index < -0.39 is 0 Å². The van der Waals surface area contributed by atoms with Crippen molar-refractivity contribution >= 4 is 0 Å². The van der Waals surface area contributed by atoms with Crippen LogP contribution < -0.4 is 5.73 Å². The fourth-order valence-electron chi connectivity index (χ4n) is 4.40. The van der Waals surface area contributed by atoms with Gasteiger partial charge >= 0.3 is 0 Å². The van der Waals surface area contributed by atoms with Gasteiger partial charge in [0.25, 0.3) is 0 Å². The largest absolute Gasteiger partial charge is 0.329 e. The van der Waals surface area contributed by atoms with Crippen molar-refractivity contribution < 1.29 is 0 Å². The third-order valence-electron chi connectivity index (χ3n) is 5.50. The van der Waals surface area contributed by atoms with Gasteiger partial charge in [-0.25, -0.2) is 0 Å². The number of nitrogens with zero attached hydrogens (tertiary/aromatic N) is 2. The number of nitrogens with two attached hydrogens (primary N) is 1. The van der Waals surface area contributed by atoms with E-state index in [1.54, 1.807) is 0 Å². The number of likely N-dealkylation sites (tertiary alicyclic amines) is 1. The van der Waals surface area contributed by atoms with Crippen LogP contribution in [-0.2, 0) is 0 Å². The van der Waals surface area contributed by atoms with Crippen molar-refractivity contribution in [3.05, 3.63) is 0 Å². The van der Waals surface area contributed by atoms with Gasteiger partial charge in [-0.2, -0.15) is 0 Å². The molecule has 112 valence electrons. The quantitative estimate of drug-likeness (QED) is 0.846. The maximum Gasteiger partial charge on any atom is 0.0254 e. The Morgan fingerprint density at radius 3 is 2.47 bits per heavy atom. The second kappa shape index (κ2) is 6.55. The van der Waals surface area contributed by atoms with Gasteiger partial charge in [0.2, 0.25) is 0 Å². The van der Waals surface area contributed by atoms with Crippen LogP contribution in [0.15, 0.2) is 0 Å². The third-order valence-corrected chi connectivity index (χ3v) is 5.50. The van der Waals surface area contributed by atoms with E-state index in [1.165, 1.54) is 38.8 Å². The van der Waals surface area contributed by atoms with Crippen LogP contribution in [0.4, 0.5) is 0 Å². The van der Waals surface area contributed by atoms with E-state index in [0.29, 0.717) is 12.1 Å². The van der Waals surface area contributed by atoms with Crippen LogP contribution >= 0.6 is 0 Å². The minimum absolute atomic E-state index is 0.621. The minimum Gasteiger partial charge on any atom is -0.329 e. The van der Waals surface area contributed by atoms with E-state index in [-0.39, 0.29) is 0 Å². The lowest BCUT2D eigenvalue weighted by molar-refractivity contribution is 0.122. The molecule has 2 N–H and O–H groups in total. The van der Waals surface area contributed by atoms with Crippen LogP contribution in [-0.4, -0.2) is 55.6 Å². The van der Waals surface area contributed by atoms with Crippen LogP contribution in [0.3, 0.4) is 0 Å². The van der Waals surface area contributed by atoms with E-state index in [1.807, 2.05) is 0 Å². The molecule has 1 aliphatic heterocycles. The molecule has 0 amide bonds. The Kier molecular flexibility index (Phi) is 5.27. The van der Waals surface area contributed by atoms with Crippen LogP contribution in [0.1, 0.15) is 39.5 Å². The van der Waals surface area contributed by atoms with Crippen LogP contribution in [0, 0.1) is 17.8 Å². The van der Waals surface area contributed by atoms with Gasteiger partial charge in [-0.15, -0.1) is 0 Å². The van der Waals surface area contributed by atoms with Crippen molar-refractivity contribution in [3.63, 3.8) is 0 Å². The molecule has 3 nitrogen and oxygen atoms in total. The zero-order chi connectivity index (χ0) is 14.0. The molecule has 1 heterocycles. The Bertz CT molecular complexity index is 279. The molecule has 0 radical (unpaired) electrons. The van der Waals surface area contributed by atoms with Crippen LogP contribution in [0.25, 0.3) is 0 Å². The summed E-state index contributed by atoms with van der Waals surface area (Å²) in [4.78, 5) is 5.08. The number of hydrogen-bond acceptors (Lipinski definition) is 3. The molecule has 2 fully saturated rings. The second-order valence-electron chi connectivity index (χ2n) is 7.30. The Hall–Kier alpha value is -0.120. The van der Waals surface area contributed by atoms with Gasteiger partial charge in [0.15, 0.2) is 0 Å². The summed E-state index contributed by atoms with van der Waals surface area (Å²) >= 11 is 0. The predicted octanol–water partition coefficient (Wildman–Crippen LogP) is 2.02. The zero-order valence-electron chi connectivity index (χ0n) is 13.3. The van der Waals surface area contributed by atoms with Gasteiger partial charge in [0, 0.05) is 31.7 Å². The Morgan fingerprint density at radius 2 is 1.95 bits per heavy atom. The Labute approximate surface area is 119 Å². The topological polar surface area (TPSA) is 32.5 Å². The fourth-order valence-corrected chi connectivity index (χ4v) is 4.40. The van der Waals surface area contributed by atoms with E-state index in [4.69, 9.17) is 5.73 Å². The second-order valence-corrected chi connectivity index (χ2v) is 7.30. The maximum atomic E-state index is 6.14. The molecular weight excluding hydrogens is 234 g/mol. The monoisotopic (exact) mass is 267 g/mol. The zero-order valence-corrected chi connectivity index (χ0v) is 13.3. The predicted molar refractivity (Wildman–Crippen MR) is 82.2 cm³/mol. The van der Waals surface area contributed by atoms with Crippen molar-refractivity contribution in [2.24, 2.45) is 23.5 Å². The van der Waals surface area contributed by atoms with E-state index >= 15 is 0 Å². The molecule has 0 aromatic rings. The average molecular weight is 267 g/mol. The molecule has 19 heavy (non-hydrogen) atoms. The summed E-state index contributed by atoms with van der Waals surface area (Å²) in [5.41, 5.74) is 6.14. The smallest absolute Gasteiger partial charge is 0.0254 e. The summed E-state index contributed by atoms with van der Waals surface area (Å²) in [5.74, 6) is 2.50. The SMILES string of the molecule is CC1CCCC(C(CN)N2CC(C)C(N(C)C)C2)C1. The summed E-state index contributed by atoms with van der Waals surface area (Å²) in [6, 6.07) is 1.32. The number of rotatable bonds is 4. The highest BCUT2D eigenvalue weighted by molar-refractivity contribution is 4.93. The molecule has 5 unspecified atom stereocenters. The van der Waals surface area contributed by atoms with E-state index in [9.17, 15) is 0 Å². The minimum atomic E-state index is 0.621. The molecule has 0 aromatic heterocycles. The molecule has 1 aliphatic carbocycles. The average Bonchev–Trinajstić information content (AvgIpc) is 2.72. The maximum absolute atomic E-state index is 6.14. The van der Waals surface area contributed by atoms with Crippen molar-refractivity contribution in [2.45, 2.75) is 51.6 Å².